The summed E-state index contributed by atoms with van der Waals surface area (Å²) in [6.07, 6.45) is 1.29. The van der Waals surface area contributed by atoms with Crippen LogP contribution in [0.3, 0.4) is 0 Å². The molecule has 3 aromatic rings. The van der Waals surface area contributed by atoms with Crippen LogP contribution in [-0.4, -0.2) is 30.6 Å². The molecule has 0 radical (unpaired) electrons. The molecular weight excluding hydrogens is 370 g/mol. The molecule has 0 aliphatic rings. The molecule has 0 bridgehead atoms. The summed E-state index contributed by atoms with van der Waals surface area (Å²) < 4.78 is 12.9. The Morgan fingerprint density at radius 1 is 1.14 bits per heavy atom. The predicted octanol–water partition coefficient (Wildman–Crippen LogP) is 5.10. The maximum atomic E-state index is 12.0. The highest BCUT2D eigenvalue weighted by Crippen LogP contribution is 2.19. The van der Waals surface area contributed by atoms with Crippen LogP contribution < -0.4 is 5.32 Å². The van der Waals surface area contributed by atoms with Crippen LogP contribution in [0.5, 0.6) is 0 Å². The Morgan fingerprint density at radius 2 is 1.93 bits per heavy atom. The minimum Gasteiger partial charge on any atom is -0.444 e. The minimum atomic E-state index is -1.09. The summed E-state index contributed by atoms with van der Waals surface area (Å²) in [6.45, 7) is 8.42. The van der Waals surface area contributed by atoms with Crippen molar-refractivity contribution in [3.05, 3.63) is 60.3 Å². The van der Waals surface area contributed by atoms with E-state index < -0.39 is 14.2 Å². The molecule has 0 unspecified atom stereocenters. The summed E-state index contributed by atoms with van der Waals surface area (Å²) in [5.74, 6) is 0. The van der Waals surface area contributed by atoms with E-state index in [0.29, 0.717) is 12.4 Å². The zero-order chi connectivity index (χ0) is 20.0. The minimum absolute atomic E-state index is 0.238. The number of rotatable bonds is 8. The lowest BCUT2D eigenvalue weighted by Crippen LogP contribution is -2.22. The van der Waals surface area contributed by atoms with Gasteiger partial charge >= 0.3 is 6.09 Å². The van der Waals surface area contributed by atoms with E-state index in [1.165, 1.54) is 0 Å². The molecular formula is C21H27N3O3Si. The van der Waals surface area contributed by atoms with Gasteiger partial charge in [0.05, 0.1) is 11.7 Å². The topological polar surface area (TPSA) is 65.4 Å². The van der Waals surface area contributed by atoms with Crippen molar-refractivity contribution in [2.75, 3.05) is 11.9 Å². The number of ether oxygens (including phenoxy) is 2. The van der Waals surface area contributed by atoms with E-state index in [1.807, 2.05) is 53.2 Å². The Hall–Kier alpha value is -2.64. The van der Waals surface area contributed by atoms with Crippen LogP contribution in [0.25, 0.3) is 10.9 Å². The lowest BCUT2D eigenvalue weighted by molar-refractivity contribution is 0.0817. The first-order valence-electron chi connectivity index (χ1n) is 9.42. The van der Waals surface area contributed by atoms with Gasteiger partial charge in [0.2, 0.25) is 0 Å². The Kier molecular flexibility index (Phi) is 6.48. The summed E-state index contributed by atoms with van der Waals surface area (Å²) in [4.78, 5) is 12.0. The van der Waals surface area contributed by atoms with Crippen molar-refractivity contribution < 1.29 is 14.3 Å². The molecule has 7 heteroatoms. The highest BCUT2D eigenvalue weighted by molar-refractivity contribution is 6.76. The summed E-state index contributed by atoms with van der Waals surface area (Å²) >= 11 is 0. The molecule has 0 aliphatic carbocycles. The molecule has 3 rings (SSSR count). The van der Waals surface area contributed by atoms with E-state index in [9.17, 15) is 4.79 Å². The fraction of sp³-hybridized carbons (Fsp3) is 0.333. The van der Waals surface area contributed by atoms with E-state index >= 15 is 0 Å². The Balaban J connectivity index is 1.53. The maximum Gasteiger partial charge on any atom is 0.411 e. The van der Waals surface area contributed by atoms with Crippen molar-refractivity contribution >= 4 is 30.8 Å². The van der Waals surface area contributed by atoms with Gasteiger partial charge in [-0.25, -0.2) is 9.48 Å². The molecule has 0 saturated heterocycles. The number of hydrogen-bond acceptors (Lipinski definition) is 4. The van der Waals surface area contributed by atoms with Gasteiger partial charge in [0, 0.05) is 25.8 Å². The molecule has 28 heavy (non-hydrogen) atoms. The fourth-order valence-electron chi connectivity index (χ4n) is 2.67. The number of anilines is 1. The van der Waals surface area contributed by atoms with Gasteiger partial charge in [0.1, 0.15) is 13.3 Å². The van der Waals surface area contributed by atoms with Crippen molar-refractivity contribution in [3.8, 4) is 0 Å². The number of nitrogens with one attached hydrogen (secondary N) is 1. The monoisotopic (exact) mass is 397 g/mol. The third-order valence-corrected chi connectivity index (χ3v) is 6.02. The number of carbonyl (C=O) groups is 1. The average Bonchev–Trinajstić information content (AvgIpc) is 3.06. The van der Waals surface area contributed by atoms with Crippen LogP contribution in [0.1, 0.15) is 5.56 Å². The summed E-state index contributed by atoms with van der Waals surface area (Å²) in [7, 11) is -1.09. The summed E-state index contributed by atoms with van der Waals surface area (Å²) in [5, 5.41) is 8.08. The van der Waals surface area contributed by atoms with Crippen LogP contribution >= 0.6 is 0 Å². The maximum absolute atomic E-state index is 12.0. The molecule has 0 saturated carbocycles. The van der Waals surface area contributed by atoms with E-state index in [0.717, 1.165) is 29.1 Å². The second-order valence-electron chi connectivity index (χ2n) is 7.95. The van der Waals surface area contributed by atoms with Gasteiger partial charge in [0.15, 0.2) is 0 Å². The number of benzene rings is 2. The molecule has 0 aliphatic heterocycles. The normalized spacial score (nSPS) is 11.5. The number of fused-ring (bicyclic) bond motifs is 1. The first-order chi connectivity index (χ1) is 13.4. The Labute approximate surface area is 166 Å². The fourth-order valence-corrected chi connectivity index (χ4v) is 3.43. The second kappa shape index (κ2) is 9.03. The zero-order valence-corrected chi connectivity index (χ0v) is 17.6. The quantitative estimate of drug-likeness (QED) is 0.424. The molecule has 1 N–H and O–H groups in total. The number of aromatic nitrogens is 2. The SMILES string of the molecule is C[Si](C)(C)CCOCn1ncc2cc(NC(=O)OCc3ccccc3)ccc21. The lowest BCUT2D eigenvalue weighted by Gasteiger charge is -2.15. The van der Waals surface area contributed by atoms with Crippen LogP contribution in [0, 0.1) is 0 Å². The number of nitrogens with zero attached hydrogens (tertiary/aromatic N) is 2. The van der Waals surface area contributed by atoms with Gasteiger partial charge in [0.25, 0.3) is 0 Å². The molecule has 1 heterocycles. The van der Waals surface area contributed by atoms with Gasteiger partial charge in [-0.15, -0.1) is 0 Å². The first kappa shape index (κ1) is 20.1. The third kappa shape index (κ3) is 5.93. The Morgan fingerprint density at radius 3 is 2.68 bits per heavy atom. The Bertz CT molecular complexity index is 920. The van der Waals surface area contributed by atoms with Crippen molar-refractivity contribution in [2.45, 2.75) is 39.0 Å². The molecule has 6 nitrogen and oxygen atoms in total. The lowest BCUT2D eigenvalue weighted by atomic mass is 10.2. The van der Waals surface area contributed by atoms with Gasteiger partial charge in [-0.3, -0.25) is 5.32 Å². The largest absolute Gasteiger partial charge is 0.444 e. The zero-order valence-electron chi connectivity index (χ0n) is 16.6. The van der Waals surface area contributed by atoms with E-state index in [1.54, 1.807) is 6.20 Å². The van der Waals surface area contributed by atoms with Crippen molar-refractivity contribution in [1.82, 2.24) is 9.78 Å². The smallest absolute Gasteiger partial charge is 0.411 e. The standard InChI is InChI=1S/C21H27N3O3Si/c1-28(2,3)12-11-26-16-24-20-10-9-19(13-18(20)14-22-24)23-21(25)27-15-17-7-5-4-6-8-17/h4-10,13-14H,11-12,15-16H2,1-3H3,(H,23,25). The number of hydrogen-bond donors (Lipinski definition) is 1. The van der Waals surface area contributed by atoms with E-state index in [2.05, 4.69) is 30.1 Å². The third-order valence-electron chi connectivity index (χ3n) is 4.31. The van der Waals surface area contributed by atoms with Crippen molar-refractivity contribution in [1.29, 1.82) is 0 Å². The molecule has 148 valence electrons. The van der Waals surface area contributed by atoms with Gasteiger partial charge in [-0.05, 0) is 29.8 Å². The average molecular weight is 398 g/mol. The number of carbonyl (C=O) groups excluding carboxylic acids is 1. The molecule has 0 spiro atoms. The van der Waals surface area contributed by atoms with Crippen LogP contribution in [-0.2, 0) is 22.8 Å². The first-order valence-corrected chi connectivity index (χ1v) is 13.1. The highest BCUT2D eigenvalue weighted by atomic mass is 28.3. The molecule has 0 atom stereocenters. The second-order valence-corrected chi connectivity index (χ2v) is 13.6. The highest BCUT2D eigenvalue weighted by Gasteiger charge is 2.12. The van der Waals surface area contributed by atoms with E-state index in [-0.39, 0.29) is 6.61 Å². The summed E-state index contributed by atoms with van der Waals surface area (Å²) in [5.41, 5.74) is 2.59. The van der Waals surface area contributed by atoms with Crippen LogP contribution in [0.2, 0.25) is 25.7 Å². The predicted molar refractivity (Wildman–Crippen MR) is 114 cm³/mol. The van der Waals surface area contributed by atoms with Gasteiger partial charge in [-0.2, -0.15) is 5.10 Å². The molecule has 1 amide bonds. The van der Waals surface area contributed by atoms with Crippen LogP contribution in [0.15, 0.2) is 54.7 Å². The molecule has 2 aromatic carbocycles. The van der Waals surface area contributed by atoms with Crippen molar-refractivity contribution in [2.24, 2.45) is 0 Å². The van der Waals surface area contributed by atoms with Gasteiger partial charge in [-0.1, -0.05) is 50.0 Å². The van der Waals surface area contributed by atoms with Gasteiger partial charge < -0.3 is 9.47 Å². The molecule has 1 aromatic heterocycles. The number of amides is 1. The van der Waals surface area contributed by atoms with Crippen molar-refractivity contribution in [3.63, 3.8) is 0 Å². The van der Waals surface area contributed by atoms with Crippen LogP contribution in [0.4, 0.5) is 10.5 Å². The summed E-state index contributed by atoms with van der Waals surface area (Å²) in [6, 6.07) is 16.4. The molecule has 0 fully saturated rings. The van der Waals surface area contributed by atoms with E-state index in [4.69, 9.17) is 9.47 Å².